The van der Waals surface area contributed by atoms with Crippen molar-refractivity contribution in [3.63, 3.8) is 0 Å². The zero-order valence-electron chi connectivity index (χ0n) is 16.4. The van der Waals surface area contributed by atoms with Crippen LogP contribution in [0.4, 0.5) is 4.79 Å². The summed E-state index contributed by atoms with van der Waals surface area (Å²) < 4.78 is 4.55. The van der Waals surface area contributed by atoms with Gasteiger partial charge in [0, 0.05) is 24.7 Å². The molecule has 0 radical (unpaired) electrons. The number of esters is 1. The fourth-order valence-corrected chi connectivity index (χ4v) is 3.83. The smallest absolute Gasteiger partial charge is 0.318 e. The lowest BCUT2D eigenvalue weighted by Crippen LogP contribution is -2.45. The van der Waals surface area contributed by atoms with Crippen molar-refractivity contribution in [2.24, 2.45) is 0 Å². The molecule has 2 heterocycles. The Kier molecular flexibility index (Phi) is 6.51. The lowest BCUT2D eigenvalue weighted by Gasteiger charge is -2.37. The maximum atomic E-state index is 12.4. The number of nitrogens with one attached hydrogen (secondary N) is 2. The molecular weight excluding hydrogens is 360 g/mol. The molecule has 0 aliphatic carbocycles. The summed E-state index contributed by atoms with van der Waals surface area (Å²) in [5, 5.41) is 5.66. The Balaban J connectivity index is 1.62. The summed E-state index contributed by atoms with van der Waals surface area (Å²) in [6, 6.07) is 7.55. The number of carbonyl (C=O) groups excluding carboxylic acids is 3. The first-order chi connectivity index (χ1) is 13.5. The average Bonchev–Trinajstić information content (AvgIpc) is 3.10. The van der Waals surface area contributed by atoms with E-state index in [-0.39, 0.29) is 43.0 Å². The normalized spacial score (nSPS) is 20.7. The van der Waals surface area contributed by atoms with Crippen LogP contribution in [-0.2, 0) is 9.53 Å². The molecule has 0 saturated carbocycles. The number of piperidine rings is 1. The van der Waals surface area contributed by atoms with Gasteiger partial charge in [-0.1, -0.05) is 12.1 Å². The molecule has 1 atom stereocenters. The largest absolute Gasteiger partial charge is 0.469 e. The van der Waals surface area contributed by atoms with E-state index < -0.39 is 0 Å². The quantitative estimate of drug-likeness (QED) is 0.713. The van der Waals surface area contributed by atoms with Crippen LogP contribution in [0.5, 0.6) is 0 Å². The Labute approximate surface area is 165 Å². The van der Waals surface area contributed by atoms with Gasteiger partial charge >= 0.3 is 12.0 Å². The molecule has 1 aromatic rings. The van der Waals surface area contributed by atoms with Crippen LogP contribution in [0.25, 0.3) is 0 Å². The summed E-state index contributed by atoms with van der Waals surface area (Å²) in [6.45, 7) is 2.80. The Morgan fingerprint density at radius 3 is 2.54 bits per heavy atom. The zero-order chi connectivity index (χ0) is 20.1. The van der Waals surface area contributed by atoms with Crippen molar-refractivity contribution in [1.82, 2.24) is 20.4 Å². The van der Waals surface area contributed by atoms with E-state index in [0.717, 1.165) is 31.5 Å². The molecule has 28 heavy (non-hydrogen) atoms. The molecule has 2 fully saturated rings. The van der Waals surface area contributed by atoms with Crippen LogP contribution in [0.2, 0.25) is 0 Å². The molecule has 1 aromatic carbocycles. The van der Waals surface area contributed by atoms with Crippen LogP contribution >= 0.6 is 0 Å². The molecule has 1 unspecified atom stereocenters. The van der Waals surface area contributed by atoms with Gasteiger partial charge in [-0.3, -0.25) is 9.59 Å². The molecule has 8 heteroatoms. The van der Waals surface area contributed by atoms with Crippen LogP contribution in [0.15, 0.2) is 24.3 Å². The maximum absolute atomic E-state index is 12.4. The second kappa shape index (κ2) is 9.05. The van der Waals surface area contributed by atoms with Gasteiger partial charge < -0.3 is 25.2 Å². The van der Waals surface area contributed by atoms with E-state index >= 15 is 0 Å². The molecule has 152 valence electrons. The molecule has 3 rings (SSSR count). The number of hydrogen-bond acceptors (Lipinski definition) is 5. The van der Waals surface area contributed by atoms with Crippen LogP contribution in [0.3, 0.4) is 0 Å². The van der Waals surface area contributed by atoms with Crippen LogP contribution in [-0.4, -0.2) is 74.1 Å². The number of rotatable bonds is 6. The van der Waals surface area contributed by atoms with Gasteiger partial charge in [0.05, 0.1) is 19.6 Å². The molecule has 2 aliphatic heterocycles. The molecule has 2 N–H and O–H groups in total. The lowest BCUT2D eigenvalue weighted by molar-refractivity contribution is -0.140. The van der Waals surface area contributed by atoms with Gasteiger partial charge in [-0.05, 0) is 50.7 Å². The fourth-order valence-electron chi connectivity index (χ4n) is 3.83. The van der Waals surface area contributed by atoms with Crippen molar-refractivity contribution >= 4 is 17.9 Å². The predicted molar refractivity (Wildman–Crippen MR) is 104 cm³/mol. The van der Waals surface area contributed by atoms with E-state index in [2.05, 4.69) is 27.3 Å². The second-order valence-electron chi connectivity index (χ2n) is 7.35. The zero-order valence-corrected chi connectivity index (χ0v) is 16.4. The standard InChI is InChI=1S/C20H28N4O4/c1-23-11-8-16(9-12-23)24-17(13-22-20(24)27)14-3-5-15(6-4-14)19(26)21-10-7-18(25)28-2/h3-6,16-17H,7-13H2,1-2H3,(H,21,26)(H,22,27). The number of ether oxygens (including phenoxy) is 1. The van der Waals surface area contributed by atoms with Gasteiger partial charge in [-0.2, -0.15) is 0 Å². The van der Waals surface area contributed by atoms with Gasteiger partial charge in [0.15, 0.2) is 0 Å². The van der Waals surface area contributed by atoms with E-state index in [4.69, 9.17) is 0 Å². The van der Waals surface area contributed by atoms with E-state index in [9.17, 15) is 14.4 Å². The highest BCUT2D eigenvalue weighted by Crippen LogP contribution is 2.30. The molecule has 2 aliphatic rings. The van der Waals surface area contributed by atoms with Gasteiger partial charge in [-0.15, -0.1) is 0 Å². The average molecular weight is 388 g/mol. The Morgan fingerprint density at radius 2 is 1.89 bits per heavy atom. The summed E-state index contributed by atoms with van der Waals surface area (Å²) in [7, 11) is 3.42. The van der Waals surface area contributed by atoms with E-state index in [0.29, 0.717) is 12.1 Å². The first-order valence-electron chi connectivity index (χ1n) is 9.69. The third kappa shape index (κ3) is 4.62. The van der Waals surface area contributed by atoms with E-state index in [1.807, 2.05) is 17.0 Å². The predicted octanol–water partition coefficient (Wildman–Crippen LogP) is 1.14. The van der Waals surface area contributed by atoms with E-state index in [1.54, 1.807) is 12.1 Å². The Hall–Kier alpha value is -2.61. The monoisotopic (exact) mass is 388 g/mol. The number of carbonyl (C=O) groups is 3. The third-order valence-electron chi connectivity index (χ3n) is 5.50. The molecule has 8 nitrogen and oxygen atoms in total. The minimum atomic E-state index is -0.358. The van der Waals surface area contributed by atoms with Crippen molar-refractivity contribution in [1.29, 1.82) is 0 Å². The maximum Gasteiger partial charge on any atom is 0.318 e. The second-order valence-corrected chi connectivity index (χ2v) is 7.35. The molecule has 2 saturated heterocycles. The van der Waals surface area contributed by atoms with Crippen LogP contribution in [0, 0.1) is 0 Å². The minimum absolute atomic E-state index is 0.0100. The SMILES string of the molecule is COC(=O)CCNC(=O)c1ccc(C2CNC(=O)N2C2CCN(C)CC2)cc1. The highest BCUT2D eigenvalue weighted by Gasteiger charge is 2.37. The van der Waals surface area contributed by atoms with Gasteiger partial charge in [0.2, 0.25) is 0 Å². The molecule has 0 bridgehead atoms. The highest BCUT2D eigenvalue weighted by atomic mass is 16.5. The topological polar surface area (TPSA) is 91.0 Å². The summed E-state index contributed by atoms with van der Waals surface area (Å²) in [4.78, 5) is 40.0. The fraction of sp³-hybridized carbons (Fsp3) is 0.550. The number of nitrogens with zero attached hydrogens (tertiary/aromatic N) is 2. The van der Waals surface area contributed by atoms with E-state index in [1.165, 1.54) is 7.11 Å². The summed E-state index contributed by atoms with van der Waals surface area (Å²) in [5.74, 6) is -0.591. The minimum Gasteiger partial charge on any atom is -0.469 e. The van der Waals surface area contributed by atoms with Crippen molar-refractivity contribution in [3.8, 4) is 0 Å². The molecule has 3 amide bonds. The summed E-state index contributed by atoms with van der Waals surface area (Å²) in [5.41, 5.74) is 1.54. The number of amides is 3. The lowest BCUT2D eigenvalue weighted by atomic mass is 9.98. The van der Waals surface area contributed by atoms with Crippen molar-refractivity contribution in [2.45, 2.75) is 31.3 Å². The first kappa shape index (κ1) is 20.1. The summed E-state index contributed by atoms with van der Waals surface area (Å²) >= 11 is 0. The highest BCUT2D eigenvalue weighted by molar-refractivity contribution is 5.94. The van der Waals surface area contributed by atoms with Crippen molar-refractivity contribution in [3.05, 3.63) is 35.4 Å². The number of benzene rings is 1. The van der Waals surface area contributed by atoms with Gasteiger partial charge in [-0.25, -0.2) is 4.79 Å². The van der Waals surface area contributed by atoms with Crippen LogP contribution < -0.4 is 10.6 Å². The Morgan fingerprint density at radius 1 is 1.21 bits per heavy atom. The van der Waals surface area contributed by atoms with Crippen molar-refractivity contribution < 1.29 is 19.1 Å². The molecule has 0 spiro atoms. The van der Waals surface area contributed by atoms with Crippen molar-refractivity contribution in [2.75, 3.05) is 40.3 Å². The first-order valence-corrected chi connectivity index (χ1v) is 9.69. The summed E-state index contributed by atoms with van der Waals surface area (Å²) in [6.07, 6.45) is 2.09. The third-order valence-corrected chi connectivity index (χ3v) is 5.50. The van der Waals surface area contributed by atoms with Gasteiger partial charge in [0.25, 0.3) is 5.91 Å². The van der Waals surface area contributed by atoms with Crippen LogP contribution in [0.1, 0.15) is 41.2 Å². The number of likely N-dealkylation sites (tertiary alicyclic amines) is 1. The molecular formula is C20H28N4O4. The molecule has 0 aromatic heterocycles. The number of urea groups is 1. The van der Waals surface area contributed by atoms with Gasteiger partial charge in [0.1, 0.15) is 0 Å². The Bertz CT molecular complexity index is 713. The number of hydrogen-bond donors (Lipinski definition) is 2. The number of methoxy groups -OCH3 is 1.